The third-order valence-electron chi connectivity index (χ3n) is 3.72. The molecule has 0 aliphatic carbocycles. The van der Waals surface area contributed by atoms with E-state index in [0.717, 1.165) is 19.5 Å². The highest BCUT2D eigenvalue weighted by Crippen LogP contribution is 2.22. The molecule has 1 heterocycles. The highest BCUT2D eigenvalue weighted by molar-refractivity contribution is 5.92. The number of nitro benzene ring substituents is 1. The van der Waals surface area contributed by atoms with Crippen LogP contribution in [0.5, 0.6) is 0 Å². The number of hydrogen-bond acceptors (Lipinski definition) is 3. The summed E-state index contributed by atoms with van der Waals surface area (Å²) < 4.78 is 0. The largest absolute Gasteiger partial charge is 0.339 e. The molecular weight excluding hydrogens is 268 g/mol. The number of rotatable bonds is 3. The average molecular weight is 288 g/mol. The molecule has 5 heteroatoms. The predicted molar refractivity (Wildman–Crippen MR) is 81.7 cm³/mol. The van der Waals surface area contributed by atoms with Crippen LogP contribution >= 0.6 is 0 Å². The van der Waals surface area contributed by atoms with E-state index in [-0.39, 0.29) is 11.6 Å². The fourth-order valence-electron chi connectivity index (χ4n) is 2.90. The third-order valence-corrected chi connectivity index (χ3v) is 3.72. The molecule has 0 saturated carbocycles. The summed E-state index contributed by atoms with van der Waals surface area (Å²) in [6.07, 6.45) is 4.11. The van der Waals surface area contributed by atoms with E-state index in [1.807, 2.05) is 4.90 Å². The summed E-state index contributed by atoms with van der Waals surface area (Å²) in [4.78, 5) is 24.5. The molecule has 112 valence electrons. The second-order valence-electron chi connectivity index (χ2n) is 5.84. The van der Waals surface area contributed by atoms with Gasteiger partial charge in [0.15, 0.2) is 0 Å². The number of benzene rings is 1. The zero-order chi connectivity index (χ0) is 15.4. The van der Waals surface area contributed by atoms with Crippen LogP contribution in [0.1, 0.15) is 25.8 Å². The minimum absolute atomic E-state index is 0.0157. The van der Waals surface area contributed by atoms with Crippen molar-refractivity contribution < 1.29 is 9.72 Å². The predicted octanol–water partition coefficient (Wildman–Crippen LogP) is 3.11. The third kappa shape index (κ3) is 3.90. The monoisotopic (exact) mass is 288 g/mol. The Hall–Kier alpha value is -2.17. The van der Waals surface area contributed by atoms with Gasteiger partial charge in [0, 0.05) is 25.2 Å². The molecule has 1 saturated heterocycles. The van der Waals surface area contributed by atoms with E-state index in [0.29, 0.717) is 17.4 Å². The molecule has 0 aromatic heterocycles. The molecule has 1 aromatic rings. The number of piperidine rings is 1. The Balaban J connectivity index is 2.10. The Morgan fingerprint density at radius 1 is 1.29 bits per heavy atom. The van der Waals surface area contributed by atoms with E-state index >= 15 is 0 Å². The van der Waals surface area contributed by atoms with Crippen molar-refractivity contribution in [1.29, 1.82) is 0 Å². The van der Waals surface area contributed by atoms with Crippen molar-refractivity contribution in [3.05, 3.63) is 46.0 Å². The number of nitro groups is 1. The number of likely N-dealkylation sites (tertiary alicyclic amines) is 1. The smallest absolute Gasteiger partial charge is 0.276 e. The first kappa shape index (κ1) is 15.2. The number of carbonyl (C=O) groups is 1. The molecule has 1 aliphatic heterocycles. The van der Waals surface area contributed by atoms with E-state index in [2.05, 4.69) is 13.8 Å². The Kier molecular flexibility index (Phi) is 4.73. The molecule has 0 bridgehead atoms. The number of amides is 1. The van der Waals surface area contributed by atoms with Crippen molar-refractivity contribution in [2.75, 3.05) is 13.1 Å². The second-order valence-corrected chi connectivity index (χ2v) is 5.84. The lowest BCUT2D eigenvalue weighted by atomic mass is 9.92. The SMILES string of the molecule is C[C@H]1C[C@H](C)CN(C(=O)/C=C/c2ccccc2[N+](=O)[O-])C1. The average Bonchev–Trinajstić information content (AvgIpc) is 2.43. The van der Waals surface area contributed by atoms with Gasteiger partial charge in [-0.25, -0.2) is 0 Å². The molecule has 1 fully saturated rings. The number of hydrogen-bond donors (Lipinski definition) is 0. The van der Waals surface area contributed by atoms with Crippen molar-refractivity contribution in [2.24, 2.45) is 11.8 Å². The van der Waals surface area contributed by atoms with Gasteiger partial charge in [-0.3, -0.25) is 14.9 Å². The lowest BCUT2D eigenvalue weighted by Gasteiger charge is -2.34. The summed E-state index contributed by atoms with van der Waals surface area (Å²) in [5, 5.41) is 10.9. The van der Waals surface area contributed by atoms with Crippen LogP contribution in [-0.2, 0) is 4.79 Å². The molecule has 1 amide bonds. The first-order chi connectivity index (χ1) is 9.97. The molecule has 0 N–H and O–H groups in total. The van der Waals surface area contributed by atoms with Gasteiger partial charge in [-0.05, 0) is 30.4 Å². The van der Waals surface area contributed by atoms with Crippen LogP contribution in [0.4, 0.5) is 5.69 Å². The van der Waals surface area contributed by atoms with Gasteiger partial charge in [-0.1, -0.05) is 26.0 Å². The fraction of sp³-hybridized carbons (Fsp3) is 0.438. The summed E-state index contributed by atoms with van der Waals surface area (Å²) >= 11 is 0. The summed E-state index contributed by atoms with van der Waals surface area (Å²) in [6, 6.07) is 6.42. The van der Waals surface area contributed by atoms with Crippen LogP contribution in [-0.4, -0.2) is 28.8 Å². The van der Waals surface area contributed by atoms with Crippen molar-refractivity contribution in [3.63, 3.8) is 0 Å². The van der Waals surface area contributed by atoms with Crippen LogP contribution in [0.15, 0.2) is 30.3 Å². The summed E-state index contributed by atoms with van der Waals surface area (Å²) in [7, 11) is 0. The molecule has 21 heavy (non-hydrogen) atoms. The van der Waals surface area contributed by atoms with Crippen LogP contribution in [0.2, 0.25) is 0 Å². The van der Waals surface area contributed by atoms with E-state index < -0.39 is 4.92 Å². The Bertz CT molecular complexity index is 558. The fourth-order valence-corrected chi connectivity index (χ4v) is 2.90. The maximum absolute atomic E-state index is 12.2. The van der Waals surface area contributed by atoms with Crippen LogP contribution in [0, 0.1) is 22.0 Å². The van der Waals surface area contributed by atoms with Crippen molar-refractivity contribution in [3.8, 4) is 0 Å². The van der Waals surface area contributed by atoms with Gasteiger partial charge in [0.2, 0.25) is 5.91 Å². The maximum atomic E-state index is 12.2. The summed E-state index contributed by atoms with van der Waals surface area (Å²) in [5.74, 6) is 0.917. The van der Waals surface area contributed by atoms with Crippen molar-refractivity contribution in [1.82, 2.24) is 4.90 Å². The number of nitrogens with zero attached hydrogens (tertiary/aromatic N) is 2. The molecule has 2 atom stereocenters. The topological polar surface area (TPSA) is 63.5 Å². The van der Waals surface area contributed by atoms with E-state index in [4.69, 9.17) is 0 Å². The number of carbonyl (C=O) groups excluding carboxylic acids is 1. The first-order valence-corrected chi connectivity index (χ1v) is 7.17. The molecule has 0 unspecified atom stereocenters. The van der Waals surface area contributed by atoms with Crippen LogP contribution in [0.25, 0.3) is 6.08 Å². The maximum Gasteiger partial charge on any atom is 0.276 e. The Morgan fingerprint density at radius 2 is 1.90 bits per heavy atom. The van der Waals surface area contributed by atoms with Crippen molar-refractivity contribution >= 4 is 17.7 Å². The van der Waals surface area contributed by atoms with Gasteiger partial charge in [0.25, 0.3) is 5.69 Å². The van der Waals surface area contributed by atoms with Gasteiger partial charge in [-0.15, -0.1) is 0 Å². The Morgan fingerprint density at radius 3 is 2.52 bits per heavy atom. The zero-order valence-electron chi connectivity index (χ0n) is 12.4. The van der Waals surface area contributed by atoms with E-state index in [9.17, 15) is 14.9 Å². The highest BCUT2D eigenvalue weighted by Gasteiger charge is 2.24. The van der Waals surface area contributed by atoms with Crippen molar-refractivity contribution in [2.45, 2.75) is 20.3 Å². The van der Waals surface area contributed by atoms with Crippen LogP contribution < -0.4 is 0 Å². The molecule has 1 aromatic carbocycles. The molecule has 2 rings (SSSR count). The zero-order valence-corrected chi connectivity index (χ0v) is 12.4. The molecule has 0 radical (unpaired) electrons. The second kappa shape index (κ2) is 6.52. The summed E-state index contributed by atoms with van der Waals surface area (Å²) in [6.45, 7) is 5.79. The lowest BCUT2D eigenvalue weighted by Crippen LogP contribution is -2.41. The standard InChI is InChI=1S/C16H20N2O3/c1-12-9-13(2)11-17(10-12)16(19)8-7-14-5-3-4-6-15(14)18(20)21/h3-8,12-13H,9-11H2,1-2H3/b8-7+/t12-,13-/m0/s1. The van der Waals surface area contributed by atoms with Gasteiger partial charge in [0.05, 0.1) is 10.5 Å². The molecular formula is C16H20N2O3. The van der Waals surface area contributed by atoms with Crippen LogP contribution in [0.3, 0.4) is 0 Å². The highest BCUT2D eigenvalue weighted by atomic mass is 16.6. The minimum Gasteiger partial charge on any atom is -0.339 e. The van der Waals surface area contributed by atoms with Gasteiger partial charge in [-0.2, -0.15) is 0 Å². The molecule has 1 aliphatic rings. The van der Waals surface area contributed by atoms with Gasteiger partial charge < -0.3 is 4.90 Å². The molecule has 5 nitrogen and oxygen atoms in total. The molecule has 0 spiro atoms. The Labute approximate surface area is 124 Å². The van der Waals surface area contributed by atoms with E-state index in [1.165, 1.54) is 18.2 Å². The summed E-state index contributed by atoms with van der Waals surface area (Å²) in [5.41, 5.74) is 0.468. The van der Waals surface area contributed by atoms with E-state index in [1.54, 1.807) is 18.2 Å². The number of para-hydroxylation sites is 1. The van der Waals surface area contributed by atoms with Gasteiger partial charge in [0.1, 0.15) is 0 Å². The minimum atomic E-state index is -0.435. The first-order valence-electron chi connectivity index (χ1n) is 7.17. The normalized spacial score (nSPS) is 22.5. The lowest BCUT2D eigenvalue weighted by molar-refractivity contribution is -0.385. The quantitative estimate of drug-likeness (QED) is 0.487. The van der Waals surface area contributed by atoms with Gasteiger partial charge >= 0.3 is 0 Å².